The van der Waals surface area contributed by atoms with Crippen LogP contribution in [0, 0.1) is 0 Å². The van der Waals surface area contributed by atoms with E-state index in [0.29, 0.717) is 12.8 Å². The summed E-state index contributed by atoms with van der Waals surface area (Å²) >= 11 is 0. The summed E-state index contributed by atoms with van der Waals surface area (Å²) in [6.07, 6.45) is -0.912. The normalized spacial score (nSPS) is 14.2. The number of esters is 1. The van der Waals surface area contributed by atoms with Gasteiger partial charge in [-0.05, 0) is 12.8 Å². The van der Waals surface area contributed by atoms with Gasteiger partial charge in [-0.1, -0.05) is 13.8 Å². The molecule has 0 aromatic heterocycles. The molecular weight excluding hydrogens is 212 g/mol. The summed E-state index contributed by atoms with van der Waals surface area (Å²) in [4.78, 5) is 22.5. The Labute approximate surface area is 95.4 Å². The van der Waals surface area contributed by atoms with Crippen molar-refractivity contribution in [2.75, 3.05) is 6.61 Å². The summed E-state index contributed by atoms with van der Waals surface area (Å²) < 4.78 is 4.81. The Kier molecular flexibility index (Phi) is 7.76. The quantitative estimate of drug-likeness (QED) is 0.592. The summed E-state index contributed by atoms with van der Waals surface area (Å²) in [5.74, 6) is -0.921. The van der Waals surface area contributed by atoms with Crippen molar-refractivity contribution >= 4 is 11.8 Å². The Hall–Kier alpha value is -0.940. The van der Waals surface area contributed by atoms with Crippen LogP contribution in [0.25, 0.3) is 0 Å². The van der Waals surface area contributed by atoms with Crippen LogP contribution >= 0.6 is 0 Å². The van der Waals surface area contributed by atoms with Gasteiger partial charge in [0, 0.05) is 12.8 Å². The van der Waals surface area contributed by atoms with Crippen LogP contribution in [0.3, 0.4) is 0 Å². The topological polar surface area (TPSA) is 83.8 Å². The summed E-state index contributed by atoms with van der Waals surface area (Å²) in [6, 6.07) is 0. The lowest BCUT2D eigenvalue weighted by Crippen LogP contribution is -2.39. The van der Waals surface area contributed by atoms with Gasteiger partial charge in [0.2, 0.25) is 0 Å². The molecule has 0 aliphatic heterocycles. The number of ketones is 1. The molecule has 0 fully saturated rings. The number of rotatable bonds is 8. The monoisotopic (exact) mass is 232 g/mol. The Morgan fingerprint density at radius 3 is 2.19 bits per heavy atom. The van der Waals surface area contributed by atoms with E-state index in [4.69, 9.17) is 9.84 Å². The maximum atomic E-state index is 11.3. The van der Waals surface area contributed by atoms with Gasteiger partial charge < -0.3 is 14.9 Å². The van der Waals surface area contributed by atoms with Crippen molar-refractivity contribution < 1.29 is 24.5 Å². The van der Waals surface area contributed by atoms with Gasteiger partial charge in [-0.2, -0.15) is 0 Å². The Morgan fingerprint density at radius 1 is 1.19 bits per heavy atom. The predicted molar refractivity (Wildman–Crippen MR) is 57.8 cm³/mol. The number of hydrogen-bond donors (Lipinski definition) is 2. The second-order valence-corrected chi connectivity index (χ2v) is 3.62. The predicted octanol–water partition coefficient (Wildman–Crippen LogP) is 0.421. The third-order valence-electron chi connectivity index (χ3n) is 2.10. The maximum absolute atomic E-state index is 11.3. The molecule has 2 atom stereocenters. The van der Waals surface area contributed by atoms with Crippen molar-refractivity contribution in [3.8, 4) is 0 Å². The zero-order chi connectivity index (χ0) is 12.6. The Morgan fingerprint density at radius 2 is 1.75 bits per heavy atom. The highest BCUT2D eigenvalue weighted by atomic mass is 16.6. The van der Waals surface area contributed by atoms with Gasteiger partial charge in [0.1, 0.15) is 0 Å². The number of aliphatic hydroxyl groups is 2. The van der Waals surface area contributed by atoms with E-state index in [-0.39, 0.29) is 12.8 Å². The van der Waals surface area contributed by atoms with E-state index < -0.39 is 30.6 Å². The van der Waals surface area contributed by atoms with Crippen LogP contribution < -0.4 is 0 Å². The number of carbonyl (C=O) groups excluding carboxylic acids is 2. The van der Waals surface area contributed by atoms with E-state index in [2.05, 4.69) is 0 Å². The number of ether oxygens (including phenoxy) is 1. The molecule has 0 aromatic rings. The third kappa shape index (κ3) is 5.23. The van der Waals surface area contributed by atoms with Gasteiger partial charge >= 0.3 is 5.97 Å². The fraction of sp³-hybridized carbons (Fsp3) is 0.818. The molecule has 0 heterocycles. The number of carbonyl (C=O) groups is 2. The molecule has 0 saturated carbocycles. The molecule has 5 heteroatoms. The van der Waals surface area contributed by atoms with Gasteiger partial charge in [-0.3, -0.25) is 9.59 Å². The van der Waals surface area contributed by atoms with E-state index in [1.165, 1.54) is 0 Å². The molecule has 0 aliphatic rings. The molecule has 0 aromatic carbocycles. The second kappa shape index (κ2) is 8.24. The zero-order valence-electron chi connectivity index (χ0n) is 9.81. The maximum Gasteiger partial charge on any atom is 0.306 e. The number of hydrogen-bond acceptors (Lipinski definition) is 5. The Bertz CT molecular complexity index is 226. The van der Waals surface area contributed by atoms with Crippen LogP contribution in [0.1, 0.15) is 39.5 Å². The van der Waals surface area contributed by atoms with Crippen LogP contribution in [0.2, 0.25) is 0 Å². The minimum Gasteiger partial charge on any atom is -0.457 e. The van der Waals surface area contributed by atoms with Crippen molar-refractivity contribution in [3.05, 3.63) is 0 Å². The second-order valence-electron chi connectivity index (χ2n) is 3.62. The lowest BCUT2D eigenvalue weighted by molar-refractivity contribution is -0.161. The van der Waals surface area contributed by atoms with Crippen LogP contribution in [0.15, 0.2) is 0 Å². The van der Waals surface area contributed by atoms with Crippen molar-refractivity contribution in [3.63, 3.8) is 0 Å². The molecule has 0 rings (SSSR count). The van der Waals surface area contributed by atoms with Crippen molar-refractivity contribution in [2.45, 2.75) is 51.7 Å². The standard InChI is InChI=1S/C11H20O5/c1-3-5-8(13)11(15)9(7-12)16-10(14)6-4-2/h9,11-12,15H,3-7H2,1-2H3/t9-,11+/m1/s1. The van der Waals surface area contributed by atoms with Gasteiger partial charge in [0.05, 0.1) is 6.61 Å². The number of Topliss-reactive ketones (excluding diaryl/α,β-unsaturated/α-hetero) is 1. The average molecular weight is 232 g/mol. The highest BCUT2D eigenvalue weighted by Crippen LogP contribution is 2.06. The molecule has 2 N–H and O–H groups in total. The molecule has 0 unspecified atom stereocenters. The van der Waals surface area contributed by atoms with Crippen LogP contribution in [-0.4, -0.2) is 40.8 Å². The molecule has 94 valence electrons. The van der Waals surface area contributed by atoms with E-state index in [1.807, 2.05) is 13.8 Å². The average Bonchev–Trinajstić information content (AvgIpc) is 2.25. The van der Waals surface area contributed by atoms with Crippen molar-refractivity contribution in [1.29, 1.82) is 0 Å². The fourth-order valence-electron chi connectivity index (χ4n) is 1.24. The molecule has 0 radical (unpaired) electrons. The first kappa shape index (κ1) is 15.1. The Balaban J connectivity index is 4.25. The minimum absolute atomic E-state index is 0.211. The smallest absolute Gasteiger partial charge is 0.306 e. The van der Waals surface area contributed by atoms with Gasteiger partial charge in [-0.25, -0.2) is 0 Å². The lowest BCUT2D eigenvalue weighted by atomic mass is 10.1. The molecule has 0 aliphatic carbocycles. The molecule has 0 spiro atoms. The third-order valence-corrected chi connectivity index (χ3v) is 2.10. The fourth-order valence-corrected chi connectivity index (χ4v) is 1.24. The van der Waals surface area contributed by atoms with Crippen molar-refractivity contribution in [2.24, 2.45) is 0 Å². The summed E-state index contributed by atoms with van der Waals surface area (Å²) in [5.41, 5.74) is 0. The lowest BCUT2D eigenvalue weighted by Gasteiger charge is -2.20. The first-order valence-electron chi connectivity index (χ1n) is 5.57. The molecule has 0 amide bonds. The van der Waals surface area contributed by atoms with Crippen LogP contribution in [0.4, 0.5) is 0 Å². The van der Waals surface area contributed by atoms with E-state index in [0.717, 1.165) is 0 Å². The van der Waals surface area contributed by atoms with Crippen molar-refractivity contribution in [1.82, 2.24) is 0 Å². The van der Waals surface area contributed by atoms with Gasteiger partial charge in [-0.15, -0.1) is 0 Å². The summed E-state index contributed by atoms with van der Waals surface area (Å²) in [6.45, 7) is 3.07. The summed E-state index contributed by atoms with van der Waals surface area (Å²) in [7, 11) is 0. The van der Waals surface area contributed by atoms with Crippen LogP contribution in [0.5, 0.6) is 0 Å². The SMILES string of the molecule is CCCC(=O)O[C@H](CO)[C@@H](O)C(=O)CCC. The van der Waals surface area contributed by atoms with E-state index in [1.54, 1.807) is 0 Å². The molecule has 0 bridgehead atoms. The minimum atomic E-state index is -1.43. The van der Waals surface area contributed by atoms with Crippen LogP contribution in [-0.2, 0) is 14.3 Å². The first-order chi connectivity index (χ1) is 7.56. The molecule has 0 saturated heterocycles. The largest absolute Gasteiger partial charge is 0.457 e. The zero-order valence-corrected chi connectivity index (χ0v) is 9.81. The highest BCUT2D eigenvalue weighted by molar-refractivity contribution is 5.83. The first-order valence-corrected chi connectivity index (χ1v) is 5.57. The van der Waals surface area contributed by atoms with E-state index in [9.17, 15) is 14.7 Å². The van der Waals surface area contributed by atoms with E-state index >= 15 is 0 Å². The molecular formula is C11H20O5. The highest BCUT2D eigenvalue weighted by Gasteiger charge is 2.27. The number of aliphatic hydroxyl groups excluding tert-OH is 2. The molecule has 5 nitrogen and oxygen atoms in total. The van der Waals surface area contributed by atoms with Gasteiger partial charge in [0.25, 0.3) is 0 Å². The van der Waals surface area contributed by atoms with Gasteiger partial charge in [0.15, 0.2) is 18.0 Å². The summed E-state index contributed by atoms with van der Waals surface area (Å²) in [5, 5.41) is 18.5. The molecule has 16 heavy (non-hydrogen) atoms.